The SMILES string of the molecule is C=CCn1c(-c2ccc(NC(C)=O)cc2)c[n+]2ccccc12.[Br-]. The molecule has 0 aliphatic heterocycles. The lowest BCUT2D eigenvalue weighted by atomic mass is 10.1. The van der Waals surface area contributed by atoms with Gasteiger partial charge in [-0.15, -0.1) is 0 Å². The molecule has 3 aromatic rings. The summed E-state index contributed by atoms with van der Waals surface area (Å²) in [4.78, 5) is 11.1. The highest BCUT2D eigenvalue weighted by atomic mass is 79.9. The highest BCUT2D eigenvalue weighted by molar-refractivity contribution is 5.88. The first-order chi connectivity index (χ1) is 10.7. The second-order valence-electron chi connectivity index (χ2n) is 5.14. The first-order valence-electron chi connectivity index (χ1n) is 7.17. The van der Waals surface area contributed by atoms with Gasteiger partial charge in [-0.25, -0.2) is 8.97 Å². The molecule has 0 fully saturated rings. The smallest absolute Gasteiger partial charge is 0.286 e. The minimum Gasteiger partial charge on any atom is -1.00 e. The van der Waals surface area contributed by atoms with Crippen molar-refractivity contribution in [1.29, 1.82) is 0 Å². The van der Waals surface area contributed by atoms with Crippen molar-refractivity contribution < 1.29 is 26.2 Å². The van der Waals surface area contributed by atoms with E-state index in [0.717, 1.165) is 29.1 Å². The van der Waals surface area contributed by atoms with Crippen molar-refractivity contribution in [2.45, 2.75) is 13.5 Å². The van der Waals surface area contributed by atoms with Crippen LogP contribution in [0.4, 0.5) is 5.69 Å². The van der Waals surface area contributed by atoms with Crippen LogP contribution in [0.15, 0.2) is 67.5 Å². The molecule has 4 nitrogen and oxygen atoms in total. The number of hydrogen-bond donors (Lipinski definition) is 1. The molecule has 3 rings (SSSR count). The van der Waals surface area contributed by atoms with Crippen LogP contribution in [0.3, 0.4) is 0 Å². The summed E-state index contributed by atoms with van der Waals surface area (Å²) in [6, 6.07) is 14.0. The quantitative estimate of drug-likeness (QED) is 0.510. The van der Waals surface area contributed by atoms with E-state index in [1.807, 2.05) is 48.7 Å². The summed E-state index contributed by atoms with van der Waals surface area (Å²) >= 11 is 0. The Morgan fingerprint density at radius 1 is 1.26 bits per heavy atom. The molecule has 0 unspecified atom stereocenters. The molecule has 0 bridgehead atoms. The van der Waals surface area contributed by atoms with Gasteiger partial charge in [0.1, 0.15) is 12.7 Å². The summed E-state index contributed by atoms with van der Waals surface area (Å²) in [5.41, 5.74) is 4.12. The van der Waals surface area contributed by atoms with E-state index >= 15 is 0 Å². The standard InChI is InChI=1S/C18H17N3O.BrH/c1-3-11-21-17(13-20-12-5-4-6-18(20)21)15-7-9-16(10-8-15)19-14(2)22;/h3-10,12-13H,1,11H2,2H3;1H. The molecule has 5 heteroatoms. The number of pyridine rings is 1. The number of fused-ring (bicyclic) bond motifs is 1. The first-order valence-corrected chi connectivity index (χ1v) is 7.17. The van der Waals surface area contributed by atoms with Gasteiger partial charge in [0.05, 0.1) is 6.20 Å². The van der Waals surface area contributed by atoms with E-state index in [-0.39, 0.29) is 22.9 Å². The van der Waals surface area contributed by atoms with Crippen LogP contribution in [0, 0.1) is 0 Å². The maximum absolute atomic E-state index is 11.1. The van der Waals surface area contributed by atoms with Gasteiger partial charge in [0.2, 0.25) is 5.91 Å². The van der Waals surface area contributed by atoms with Gasteiger partial charge in [0.25, 0.3) is 5.65 Å². The van der Waals surface area contributed by atoms with Gasteiger partial charge in [-0.2, -0.15) is 0 Å². The molecule has 0 saturated heterocycles. The Balaban J connectivity index is 0.00000192. The third-order valence-electron chi connectivity index (χ3n) is 3.51. The molecule has 0 atom stereocenters. The molecule has 1 aromatic carbocycles. The van der Waals surface area contributed by atoms with E-state index in [4.69, 9.17) is 0 Å². The Kier molecular flexibility index (Phi) is 5.34. The summed E-state index contributed by atoms with van der Waals surface area (Å²) in [5, 5.41) is 2.78. The molecule has 23 heavy (non-hydrogen) atoms. The zero-order valence-electron chi connectivity index (χ0n) is 12.9. The predicted octanol–water partition coefficient (Wildman–Crippen LogP) is 0.0422. The fraction of sp³-hybridized carbons (Fsp3) is 0.111. The summed E-state index contributed by atoms with van der Waals surface area (Å²) in [7, 11) is 0. The fourth-order valence-electron chi connectivity index (χ4n) is 2.59. The molecule has 0 saturated carbocycles. The average Bonchev–Trinajstić information content (AvgIpc) is 2.87. The van der Waals surface area contributed by atoms with Crippen LogP contribution in [0.1, 0.15) is 6.92 Å². The largest absolute Gasteiger partial charge is 1.00 e. The molecule has 118 valence electrons. The highest BCUT2D eigenvalue weighted by Crippen LogP contribution is 2.22. The van der Waals surface area contributed by atoms with Crippen LogP contribution >= 0.6 is 0 Å². The van der Waals surface area contributed by atoms with E-state index in [1.54, 1.807) is 0 Å². The van der Waals surface area contributed by atoms with E-state index < -0.39 is 0 Å². The maximum Gasteiger partial charge on any atom is 0.286 e. The monoisotopic (exact) mass is 371 g/mol. The van der Waals surface area contributed by atoms with Gasteiger partial charge in [0.15, 0.2) is 5.69 Å². The number of carbonyl (C=O) groups is 1. The molecule has 2 aromatic heterocycles. The fourth-order valence-corrected chi connectivity index (χ4v) is 2.59. The van der Waals surface area contributed by atoms with Gasteiger partial charge >= 0.3 is 0 Å². The lowest BCUT2D eigenvalue weighted by molar-refractivity contribution is -0.510. The number of aromatic nitrogens is 2. The van der Waals surface area contributed by atoms with Gasteiger partial charge in [-0.3, -0.25) is 4.79 Å². The zero-order chi connectivity index (χ0) is 15.5. The Morgan fingerprint density at radius 3 is 2.65 bits per heavy atom. The summed E-state index contributed by atoms with van der Waals surface area (Å²) in [6.07, 6.45) is 6.03. The van der Waals surface area contributed by atoms with Crippen molar-refractivity contribution in [3.05, 3.63) is 67.5 Å². The van der Waals surface area contributed by atoms with Crippen LogP contribution in [-0.2, 0) is 11.3 Å². The van der Waals surface area contributed by atoms with Crippen LogP contribution < -0.4 is 26.7 Å². The van der Waals surface area contributed by atoms with E-state index in [2.05, 4.69) is 33.1 Å². The molecule has 1 amide bonds. The number of hydrogen-bond acceptors (Lipinski definition) is 1. The number of nitrogens with one attached hydrogen (secondary N) is 1. The third kappa shape index (κ3) is 3.51. The Labute approximate surface area is 145 Å². The number of halogens is 1. The number of imidazole rings is 1. The Bertz CT molecular complexity index is 837. The zero-order valence-corrected chi connectivity index (χ0v) is 14.5. The normalized spacial score (nSPS) is 10.1. The van der Waals surface area contributed by atoms with Crippen LogP contribution in [-0.4, -0.2) is 10.5 Å². The lowest BCUT2D eigenvalue weighted by Gasteiger charge is -2.04. The number of allylic oxidation sites excluding steroid dienone is 1. The average molecular weight is 372 g/mol. The second kappa shape index (κ2) is 7.24. The maximum atomic E-state index is 11.1. The summed E-state index contributed by atoms with van der Waals surface area (Å²) in [5.74, 6) is -0.0657. The van der Waals surface area contributed by atoms with Crippen LogP contribution in [0.25, 0.3) is 16.9 Å². The van der Waals surface area contributed by atoms with Gasteiger partial charge in [0, 0.05) is 24.2 Å². The van der Waals surface area contributed by atoms with Crippen LogP contribution in [0.2, 0.25) is 0 Å². The minimum atomic E-state index is -0.0657. The molecule has 0 spiro atoms. The van der Waals surface area contributed by atoms with Crippen molar-refractivity contribution in [2.24, 2.45) is 0 Å². The molecule has 0 radical (unpaired) electrons. The van der Waals surface area contributed by atoms with E-state index in [0.29, 0.717) is 0 Å². The Morgan fingerprint density at radius 2 is 2.00 bits per heavy atom. The number of amides is 1. The predicted molar refractivity (Wildman–Crippen MR) is 87.5 cm³/mol. The van der Waals surface area contributed by atoms with Crippen LogP contribution in [0.5, 0.6) is 0 Å². The van der Waals surface area contributed by atoms with Gasteiger partial charge in [-0.1, -0.05) is 18.7 Å². The second-order valence-corrected chi connectivity index (χ2v) is 5.14. The minimum absolute atomic E-state index is 0. The van der Waals surface area contributed by atoms with E-state index in [9.17, 15) is 4.79 Å². The van der Waals surface area contributed by atoms with E-state index in [1.165, 1.54) is 6.92 Å². The number of benzene rings is 1. The highest BCUT2D eigenvalue weighted by Gasteiger charge is 2.17. The third-order valence-corrected chi connectivity index (χ3v) is 3.51. The number of anilines is 1. The summed E-state index contributed by atoms with van der Waals surface area (Å²) < 4.78 is 4.31. The number of rotatable bonds is 4. The number of carbonyl (C=O) groups excluding carboxylic acids is 1. The topological polar surface area (TPSA) is 38.1 Å². The first kappa shape index (κ1) is 17.0. The van der Waals surface area contributed by atoms with Crippen molar-refractivity contribution >= 4 is 17.2 Å². The van der Waals surface area contributed by atoms with Crippen molar-refractivity contribution in [2.75, 3.05) is 5.32 Å². The lowest BCUT2D eigenvalue weighted by Crippen LogP contribution is -3.00. The Hall–Kier alpha value is -2.40. The molecule has 0 aliphatic rings. The summed E-state index contributed by atoms with van der Waals surface area (Å²) in [6.45, 7) is 6.09. The molecule has 0 aliphatic carbocycles. The number of nitrogens with zero attached hydrogens (tertiary/aromatic N) is 2. The molecule has 2 heterocycles. The van der Waals surface area contributed by atoms with Crippen molar-refractivity contribution in [3.63, 3.8) is 0 Å². The molecular formula is C18H18BrN3O. The van der Waals surface area contributed by atoms with Crippen molar-refractivity contribution in [1.82, 2.24) is 4.57 Å². The van der Waals surface area contributed by atoms with Crippen molar-refractivity contribution in [3.8, 4) is 11.3 Å². The molecule has 1 N–H and O–H groups in total. The molecular weight excluding hydrogens is 354 g/mol. The van der Waals surface area contributed by atoms with Gasteiger partial charge < -0.3 is 22.3 Å². The van der Waals surface area contributed by atoms with Gasteiger partial charge in [-0.05, 0) is 30.3 Å².